The van der Waals surface area contributed by atoms with Gasteiger partial charge in [-0.25, -0.2) is 9.37 Å². The number of hydrogen-bond acceptors (Lipinski definition) is 4. The molecule has 0 spiro atoms. The molecule has 7 heteroatoms. The van der Waals surface area contributed by atoms with Crippen molar-refractivity contribution in [1.29, 1.82) is 0 Å². The van der Waals surface area contributed by atoms with E-state index in [1.54, 1.807) is 12.3 Å². The van der Waals surface area contributed by atoms with E-state index in [1.807, 2.05) is 6.92 Å². The number of imidazole rings is 1. The van der Waals surface area contributed by atoms with Gasteiger partial charge in [-0.2, -0.15) is 0 Å². The summed E-state index contributed by atoms with van der Waals surface area (Å²) in [6.07, 6.45) is 9.82. The van der Waals surface area contributed by atoms with E-state index in [2.05, 4.69) is 28.3 Å². The monoisotopic (exact) mass is 472 g/mol. The Labute approximate surface area is 203 Å². The number of amides is 1. The van der Waals surface area contributed by atoms with Crippen LogP contribution in [0.15, 0.2) is 31.0 Å². The van der Waals surface area contributed by atoms with Crippen LogP contribution in [0.2, 0.25) is 0 Å². The van der Waals surface area contributed by atoms with Crippen molar-refractivity contribution in [2.24, 2.45) is 0 Å². The summed E-state index contributed by atoms with van der Waals surface area (Å²) in [5.74, 6) is 0.838. The van der Waals surface area contributed by atoms with Gasteiger partial charge in [0.05, 0.1) is 17.6 Å². The summed E-state index contributed by atoms with van der Waals surface area (Å²) in [5.41, 5.74) is 1.50. The molecule has 0 radical (unpaired) electrons. The maximum absolute atomic E-state index is 14.0. The lowest BCUT2D eigenvalue weighted by molar-refractivity contribution is -0.134. The average molecular weight is 473 g/mol. The van der Waals surface area contributed by atoms with Gasteiger partial charge >= 0.3 is 0 Å². The Hall–Kier alpha value is -2.41. The van der Waals surface area contributed by atoms with Crippen molar-refractivity contribution in [1.82, 2.24) is 19.8 Å². The molecule has 6 nitrogen and oxygen atoms in total. The average Bonchev–Trinajstić information content (AvgIpc) is 3.20. The number of carbonyl (C=O) groups is 1. The summed E-state index contributed by atoms with van der Waals surface area (Å²) in [6.45, 7) is 11.0. The number of hydrogen-bond donors (Lipinski definition) is 1. The second-order valence-corrected chi connectivity index (χ2v) is 9.13. The van der Waals surface area contributed by atoms with Gasteiger partial charge in [-0.15, -0.1) is 0 Å². The molecule has 0 saturated heterocycles. The van der Waals surface area contributed by atoms with E-state index in [1.165, 1.54) is 31.4 Å². The molecule has 3 rings (SSSR count). The number of fused-ring (bicyclic) bond motifs is 1. The van der Waals surface area contributed by atoms with E-state index in [-0.39, 0.29) is 17.6 Å². The molecule has 1 aliphatic carbocycles. The standard InChI is InChI=1S/C27H41FN4O2/c1-4-29-17-10-11-21(20-34-6-3)27-30-24-19-22(28)14-15-25(24)32(27)18-16-26(33)31(5-2)23-12-8-7-9-13-23/h4,14-15,19,21,23,29H,1,5-13,16-18,20H2,2-3H3. The Bertz CT molecular complexity index is 923. The fourth-order valence-electron chi connectivity index (χ4n) is 5.15. The van der Waals surface area contributed by atoms with Crippen LogP contribution in [0.5, 0.6) is 0 Å². The normalized spacial score (nSPS) is 15.4. The fourth-order valence-corrected chi connectivity index (χ4v) is 5.15. The summed E-state index contributed by atoms with van der Waals surface area (Å²) < 4.78 is 21.9. The second-order valence-electron chi connectivity index (χ2n) is 9.13. The number of benzene rings is 1. The molecular weight excluding hydrogens is 431 g/mol. The Morgan fingerprint density at radius 3 is 2.85 bits per heavy atom. The fraction of sp³-hybridized carbons (Fsp3) is 0.630. The minimum absolute atomic E-state index is 0.0674. The number of aromatic nitrogens is 2. The zero-order chi connectivity index (χ0) is 24.3. The molecule has 1 amide bonds. The SMILES string of the molecule is C=CNCCCC(COCC)c1nc2cc(F)ccc2n1CCC(=O)N(CC)C1CCCCC1. The highest BCUT2D eigenvalue weighted by molar-refractivity contribution is 5.78. The van der Waals surface area contributed by atoms with Crippen molar-refractivity contribution in [3.05, 3.63) is 42.6 Å². The first-order valence-electron chi connectivity index (χ1n) is 13.0. The molecule has 1 N–H and O–H groups in total. The lowest BCUT2D eigenvalue weighted by atomic mass is 9.94. The van der Waals surface area contributed by atoms with Gasteiger partial charge in [0.15, 0.2) is 0 Å². The first-order valence-corrected chi connectivity index (χ1v) is 13.0. The van der Waals surface area contributed by atoms with Crippen molar-refractivity contribution in [2.75, 3.05) is 26.3 Å². The first-order chi connectivity index (χ1) is 16.6. The molecule has 0 bridgehead atoms. The number of carbonyl (C=O) groups excluding carboxylic acids is 1. The topological polar surface area (TPSA) is 59.4 Å². The van der Waals surface area contributed by atoms with Crippen molar-refractivity contribution in [2.45, 2.75) is 83.7 Å². The van der Waals surface area contributed by atoms with E-state index in [0.29, 0.717) is 37.7 Å². The third-order valence-electron chi connectivity index (χ3n) is 6.87. The van der Waals surface area contributed by atoms with E-state index in [4.69, 9.17) is 9.72 Å². The highest BCUT2D eigenvalue weighted by atomic mass is 19.1. The van der Waals surface area contributed by atoms with Gasteiger partial charge in [0.2, 0.25) is 5.91 Å². The zero-order valence-electron chi connectivity index (χ0n) is 20.9. The summed E-state index contributed by atoms with van der Waals surface area (Å²) >= 11 is 0. The molecule has 1 aromatic heterocycles. The van der Waals surface area contributed by atoms with Gasteiger partial charge in [-0.3, -0.25) is 4.79 Å². The van der Waals surface area contributed by atoms with Crippen LogP contribution < -0.4 is 5.32 Å². The largest absolute Gasteiger partial charge is 0.391 e. The molecule has 1 saturated carbocycles. The van der Waals surface area contributed by atoms with Crippen molar-refractivity contribution < 1.29 is 13.9 Å². The molecule has 1 unspecified atom stereocenters. The lowest BCUT2D eigenvalue weighted by Crippen LogP contribution is -2.41. The molecule has 1 aromatic carbocycles. The third-order valence-corrected chi connectivity index (χ3v) is 6.87. The maximum atomic E-state index is 14.0. The third kappa shape index (κ3) is 6.81. The summed E-state index contributed by atoms with van der Waals surface area (Å²) in [4.78, 5) is 20.1. The molecule has 34 heavy (non-hydrogen) atoms. The number of nitrogens with zero attached hydrogens (tertiary/aromatic N) is 3. The van der Waals surface area contributed by atoms with Crippen LogP contribution in [0.25, 0.3) is 11.0 Å². The van der Waals surface area contributed by atoms with Crippen LogP contribution >= 0.6 is 0 Å². The van der Waals surface area contributed by atoms with Crippen LogP contribution in [0.4, 0.5) is 4.39 Å². The second kappa shape index (κ2) is 13.5. The van der Waals surface area contributed by atoms with Crippen LogP contribution in [0.1, 0.15) is 77.0 Å². The molecule has 1 heterocycles. The van der Waals surface area contributed by atoms with E-state index in [0.717, 1.165) is 50.1 Å². The molecule has 0 aliphatic heterocycles. The molecule has 1 fully saturated rings. The summed E-state index contributed by atoms with van der Waals surface area (Å²) in [6, 6.07) is 5.09. The van der Waals surface area contributed by atoms with Crippen molar-refractivity contribution >= 4 is 16.9 Å². The van der Waals surface area contributed by atoms with Crippen molar-refractivity contribution in [3.8, 4) is 0 Å². The Morgan fingerprint density at radius 2 is 2.15 bits per heavy atom. The van der Waals surface area contributed by atoms with Gasteiger partial charge < -0.3 is 19.5 Å². The Morgan fingerprint density at radius 1 is 1.35 bits per heavy atom. The predicted octanol–water partition coefficient (Wildman–Crippen LogP) is 5.38. The van der Waals surface area contributed by atoms with Crippen LogP contribution in [0.3, 0.4) is 0 Å². The molecule has 1 aliphatic rings. The minimum Gasteiger partial charge on any atom is -0.391 e. The van der Waals surface area contributed by atoms with Gasteiger partial charge in [-0.1, -0.05) is 25.8 Å². The van der Waals surface area contributed by atoms with Crippen LogP contribution in [-0.4, -0.2) is 52.7 Å². The number of ether oxygens (including phenoxy) is 1. The molecule has 188 valence electrons. The minimum atomic E-state index is -0.300. The molecule has 1 atom stereocenters. The summed E-state index contributed by atoms with van der Waals surface area (Å²) in [7, 11) is 0. The highest BCUT2D eigenvalue weighted by Gasteiger charge is 2.25. The van der Waals surface area contributed by atoms with Gasteiger partial charge in [-0.05, 0) is 57.9 Å². The van der Waals surface area contributed by atoms with Gasteiger partial charge in [0.1, 0.15) is 11.6 Å². The van der Waals surface area contributed by atoms with E-state index >= 15 is 0 Å². The van der Waals surface area contributed by atoms with E-state index in [9.17, 15) is 9.18 Å². The van der Waals surface area contributed by atoms with Gasteiger partial charge in [0.25, 0.3) is 0 Å². The Balaban J connectivity index is 1.83. The number of halogens is 1. The zero-order valence-corrected chi connectivity index (χ0v) is 20.9. The van der Waals surface area contributed by atoms with Crippen LogP contribution in [-0.2, 0) is 16.1 Å². The first kappa shape index (κ1) is 26.2. The Kier molecular flexibility index (Phi) is 10.4. The number of nitrogens with one attached hydrogen (secondary N) is 1. The molecule has 2 aromatic rings. The lowest BCUT2D eigenvalue weighted by Gasteiger charge is -2.33. The summed E-state index contributed by atoms with van der Waals surface area (Å²) in [5, 5.41) is 3.15. The smallest absolute Gasteiger partial charge is 0.224 e. The van der Waals surface area contributed by atoms with Gasteiger partial charge in [0, 0.05) is 50.7 Å². The number of rotatable bonds is 14. The predicted molar refractivity (Wildman–Crippen MR) is 135 cm³/mol. The highest BCUT2D eigenvalue weighted by Crippen LogP contribution is 2.28. The van der Waals surface area contributed by atoms with Crippen LogP contribution in [0, 0.1) is 5.82 Å². The maximum Gasteiger partial charge on any atom is 0.224 e. The molecular formula is C27H41FN4O2. The number of aryl methyl sites for hydroxylation is 1. The van der Waals surface area contributed by atoms with Crippen molar-refractivity contribution in [3.63, 3.8) is 0 Å². The van der Waals surface area contributed by atoms with E-state index < -0.39 is 0 Å². The quantitative estimate of drug-likeness (QED) is 0.375.